The number of aryl methyl sites for hydroxylation is 3. The van der Waals surface area contributed by atoms with Crippen molar-refractivity contribution in [2.24, 2.45) is 7.05 Å². The lowest BCUT2D eigenvalue weighted by Crippen LogP contribution is -2.06. The molecule has 0 aliphatic heterocycles. The molecule has 0 bridgehead atoms. The maximum absolute atomic E-state index is 11.2. The van der Waals surface area contributed by atoms with Crippen LogP contribution in [0.2, 0.25) is 5.02 Å². The van der Waals surface area contributed by atoms with Crippen LogP contribution in [-0.4, -0.2) is 20.9 Å². The average Bonchev–Trinajstić information content (AvgIpc) is 2.66. The van der Waals surface area contributed by atoms with Gasteiger partial charge in [-0.25, -0.2) is 4.79 Å². The highest BCUT2D eigenvalue weighted by Crippen LogP contribution is 2.22. The summed E-state index contributed by atoms with van der Waals surface area (Å²) in [6.07, 6.45) is 1.73. The van der Waals surface area contributed by atoms with Crippen molar-refractivity contribution < 1.29 is 9.90 Å². The van der Waals surface area contributed by atoms with E-state index in [2.05, 4.69) is 10.4 Å². The van der Waals surface area contributed by atoms with E-state index in [0.717, 1.165) is 22.5 Å². The van der Waals surface area contributed by atoms with Gasteiger partial charge in [-0.3, -0.25) is 4.68 Å². The predicted molar refractivity (Wildman–Crippen MR) is 78.4 cm³/mol. The van der Waals surface area contributed by atoms with Gasteiger partial charge in [0.05, 0.1) is 17.1 Å². The molecular formula is C14H16ClN3O2. The van der Waals surface area contributed by atoms with Gasteiger partial charge in [0.25, 0.3) is 0 Å². The first-order valence-corrected chi connectivity index (χ1v) is 6.52. The number of rotatable bonds is 4. The minimum atomic E-state index is -0.929. The molecule has 2 rings (SSSR count). The normalized spacial score (nSPS) is 10.6. The summed E-state index contributed by atoms with van der Waals surface area (Å²) in [5, 5.41) is 17.2. The third kappa shape index (κ3) is 2.93. The Kier molecular flexibility index (Phi) is 3.99. The number of carboxylic acid groups (broad SMARTS) is 1. The van der Waals surface area contributed by atoms with Crippen molar-refractivity contribution >= 4 is 23.3 Å². The molecule has 6 heteroatoms. The van der Waals surface area contributed by atoms with E-state index in [9.17, 15) is 4.79 Å². The molecule has 1 heterocycles. The van der Waals surface area contributed by atoms with E-state index in [4.69, 9.17) is 16.7 Å². The minimum absolute atomic E-state index is 0.296. The van der Waals surface area contributed by atoms with E-state index in [-0.39, 0.29) is 0 Å². The van der Waals surface area contributed by atoms with Gasteiger partial charge < -0.3 is 10.4 Å². The molecule has 2 N–H and O–H groups in total. The Balaban J connectivity index is 2.23. The van der Waals surface area contributed by atoms with Crippen LogP contribution in [-0.2, 0) is 13.6 Å². The van der Waals surface area contributed by atoms with E-state index < -0.39 is 5.97 Å². The Labute approximate surface area is 122 Å². The molecule has 0 amide bonds. The number of aromatic nitrogens is 2. The minimum Gasteiger partial charge on any atom is -0.478 e. The maximum Gasteiger partial charge on any atom is 0.336 e. The van der Waals surface area contributed by atoms with E-state index in [1.165, 1.54) is 0 Å². The Hall–Kier alpha value is -2.01. The fraction of sp³-hybridized carbons (Fsp3) is 0.286. The summed E-state index contributed by atoms with van der Waals surface area (Å²) in [5.74, 6) is -0.929. The number of halogens is 1. The van der Waals surface area contributed by atoms with Gasteiger partial charge in [-0.2, -0.15) is 5.10 Å². The van der Waals surface area contributed by atoms with E-state index in [0.29, 0.717) is 17.1 Å². The van der Waals surface area contributed by atoms with Crippen LogP contribution < -0.4 is 5.32 Å². The lowest BCUT2D eigenvalue weighted by molar-refractivity contribution is 0.0696. The molecule has 0 saturated heterocycles. The van der Waals surface area contributed by atoms with Crippen molar-refractivity contribution in [1.29, 1.82) is 0 Å². The molecule has 1 aromatic heterocycles. The zero-order chi connectivity index (χ0) is 14.9. The van der Waals surface area contributed by atoms with Crippen molar-refractivity contribution in [2.45, 2.75) is 20.4 Å². The molecule has 5 nitrogen and oxygen atoms in total. The van der Waals surface area contributed by atoms with Crippen LogP contribution >= 0.6 is 11.6 Å². The van der Waals surface area contributed by atoms with E-state index in [1.54, 1.807) is 30.9 Å². The molecule has 20 heavy (non-hydrogen) atoms. The third-order valence-corrected chi connectivity index (χ3v) is 3.42. The van der Waals surface area contributed by atoms with Gasteiger partial charge >= 0.3 is 5.97 Å². The quantitative estimate of drug-likeness (QED) is 0.909. The molecule has 0 spiro atoms. The molecule has 0 atom stereocenters. The Bertz CT molecular complexity index is 665. The molecular weight excluding hydrogens is 278 g/mol. The van der Waals surface area contributed by atoms with Crippen molar-refractivity contribution in [2.75, 3.05) is 5.32 Å². The van der Waals surface area contributed by atoms with Gasteiger partial charge in [0, 0.05) is 18.9 Å². The lowest BCUT2D eigenvalue weighted by atomic mass is 10.0. The van der Waals surface area contributed by atoms with Crippen LogP contribution in [0.1, 0.15) is 27.2 Å². The Morgan fingerprint density at radius 2 is 2.10 bits per heavy atom. The largest absolute Gasteiger partial charge is 0.478 e. The van der Waals surface area contributed by atoms with Gasteiger partial charge in [-0.05, 0) is 31.0 Å². The fourth-order valence-electron chi connectivity index (χ4n) is 2.08. The highest BCUT2D eigenvalue weighted by atomic mass is 35.5. The molecule has 0 radical (unpaired) electrons. The number of hydrogen-bond donors (Lipinski definition) is 2. The van der Waals surface area contributed by atoms with Crippen LogP contribution in [0.3, 0.4) is 0 Å². The molecule has 0 aliphatic carbocycles. The summed E-state index contributed by atoms with van der Waals surface area (Å²) in [5.41, 5.74) is 3.53. The smallest absolute Gasteiger partial charge is 0.336 e. The van der Waals surface area contributed by atoms with Crippen LogP contribution in [0.15, 0.2) is 18.3 Å². The summed E-state index contributed by atoms with van der Waals surface area (Å²) in [4.78, 5) is 11.2. The highest BCUT2D eigenvalue weighted by molar-refractivity contribution is 6.31. The number of carboxylic acids is 1. The van der Waals surface area contributed by atoms with Gasteiger partial charge in [-0.15, -0.1) is 0 Å². The zero-order valence-corrected chi connectivity index (χ0v) is 12.3. The number of hydrogen-bond acceptors (Lipinski definition) is 3. The standard InChI is InChI=1S/C14H16ClN3O2/c1-8-4-9(2)12(5-10(8)14(19)20)16-6-13-11(15)7-18(3)17-13/h4-5,7,16H,6H2,1-3H3,(H,19,20). The van der Waals surface area contributed by atoms with Gasteiger partial charge in [0.15, 0.2) is 0 Å². The number of nitrogens with zero attached hydrogens (tertiary/aromatic N) is 2. The summed E-state index contributed by atoms with van der Waals surface area (Å²) < 4.78 is 1.64. The lowest BCUT2D eigenvalue weighted by Gasteiger charge is -2.11. The first-order chi connectivity index (χ1) is 9.38. The summed E-state index contributed by atoms with van der Waals surface area (Å²) in [7, 11) is 1.80. The SMILES string of the molecule is Cc1cc(C)c(C(=O)O)cc1NCc1nn(C)cc1Cl. The number of carbonyl (C=O) groups is 1. The summed E-state index contributed by atoms with van der Waals surface area (Å²) >= 11 is 6.04. The second-order valence-corrected chi connectivity index (χ2v) is 5.15. The van der Waals surface area contributed by atoms with Crippen LogP contribution in [0, 0.1) is 13.8 Å². The van der Waals surface area contributed by atoms with Gasteiger partial charge in [-0.1, -0.05) is 17.7 Å². The summed E-state index contributed by atoms with van der Waals surface area (Å²) in [6.45, 7) is 4.17. The molecule has 0 unspecified atom stereocenters. The second-order valence-electron chi connectivity index (χ2n) is 4.74. The number of anilines is 1. The zero-order valence-electron chi connectivity index (χ0n) is 11.6. The van der Waals surface area contributed by atoms with Gasteiger partial charge in [0.2, 0.25) is 0 Å². The Morgan fingerprint density at radius 3 is 2.65 bits per heavy atom. The third-order valence-electron chi connectivity index (χ3n) is 3.10. The molecule has 0 saturated carbocycles. The molecule has 106 valence electrons. The predicted octanol–water partition coefficient (Wildman–Crippen LogP) is 3.00. The number of nitrogens with one attached hydrogen (secondary N) is 1. The number of benzene rings is 1. The average molecular weight is 294 g/mol. The molecule has 0 aliphatic rings. The van der Waals surface area contributed by atoms with Crippen molar-refractivity contribution in [1.82, 2.24) is 9.78 Å². The van der Waals surface area contributed by atoms with Crippen molar-refractivity contribution in [3.63, 3.8) is 0 Å². The van der Waals surface area contributed by atoms with Crippen molar-refractivity contribution in [3.8, 4) is 0 Å². The fourth-order valence-corrected chi connectivity index (χ4v) is 2.32. The van der Waals surface area contributed by atoms with Crippen molar-refractivity contribution in [3.05, 3.63) is 45.7 Å². The molecule has 2 aromatic rings. The van der Waals surface area contributed by atoms with E-state index in [1.807, 2.05) is 13.0 Å². The maximum atomic E-state index is 11.2. The second kappa shape index (κ2) is 5.54. The highest BCUT2D eigenvalue weighted by Gasteiger charge is 2.11. The van der Waals surface area contributed by atoms with E-state index >= 15 is 0 Å². The number of aromatic carboxylic acids is 1. The first-order valence-electron chi connectivity index (χ1n) is 6.15. The van der Waals surface area contributed by atoms with Crippen LogP contribution in [0.25, 0.3) is 0 Å². The topological polar surface area (TPSA) is 67.2 Å². The monoisotopic (exact) mass is 293 g/mol. The van der Waals surface area contributed by atoms with Gasteiger partial charge in [0.1, 0.15) is 5.69 Å². The molecule has 0 fully saturated rings. The summed E-state index contributed by atoms with van der Waals surface area (Å²) in [6, 6.07) is 3.50. The Morgan fingerprint density at radius 1 is 1.40 bits per heavy atom. The van der Waals surface area contributed by atoms with Crippen LogP contribution in [0.5, 0.6) is 0 Å². The molecule has 1 aromatic carbocycles. The first kappa shape index (κ1) is 14.4. The van der Waals surface area contributed by atoms with Crippen LogP contribution in [0.4, 0.5) is 5.69 Å².